The lowest BCUT2D eigenvalue weighted by Gasteiger charge is -2.40. The van der Waals surface area contributed by atoms with Gasteiger partial charge in [-0.05, 0) is 18.1 Å². The van der Waals surface area contributed by atoms with Crippen molar-refractivity contribution in [1.82, 2.24) is 4.90 Å². The maximum absolute atomic E-state index is 12.2. The molecule has 0 radical (unpaired) electrons. The van der Waals surface area contributed by atoms with Gasteiger partial charge in [-0.15, -0.1) is 0 Å². The van der Waals surface area contributed by atoms with E-state index in [4.69, 9.17) is 0 Å². The summed E-state index contributed by atoms with van der Waals surface area (Å²) in [6.07, 6.45) is -0.246. The SMILES string of the molecule is CC(C)CC(=O)N1CCN(c2cccc(C(=O)C(C)C)c2)C(O)C1. The maximum atomic E-state index is 12.2. The Morgan fingerprint density at radius 3 is 2.50 bits per heavy atom. The number of Topliss-reactive ketones (excluding diaryl/α,β-unsaturated/α-hetero) is 1. The van der Waals surface area contributed by atoms with Gasteiger partial charge in [-0.25, -0.2) is 0 Å². The second-order valence-corrected chi connectivity index (χ2v) is 7.18. The Balaban J connectivity index is 2.08. The fourth-order valence-electron chi connectivity index (χ4n) is 2.94. The van der Waals surface area contributed by atoms with E-state index in [0.29, 0.717) is 37.5 Å². The van der Waals surface area contributed by atoms with Gasteiger partial charge in [0, 0.05) is 36.7 Å². The Morgan fingerprint density at radius 1 is 1.21 bits per heavy atom. The van der Waals surface area contributed by atoms with Crippen molar-refractivity contribution in [3.8, 4) is 0 Å². The first kappa shape index (κ1) is 18.5. The number of carbonyl (C=O) groups is 2. The molecular formula is C19H28N2O3. The Labute approximate surface area is 144 Å². The minimum absolute atomic E-state index is 0.0596. The van der Waals surface area contributed by atoms with Gasteiger partial charge in [-0.1, -0.05) is 39.8 Å². The molecule has 1 aromatic rings. The number of nitrogens with zero attached hydrogens (tertiary/aromatic N) is 2. The smallest absolute Gasteiger partial charge is 0.223 e. The summed E-state index contributed by atoms with van der Waals surface area (Å²) in [5.41, 5.74) is 1.48. The van der Waals surface area contributed by atoms with Gasteiger partial charge in [0.05, 0.1) is 6.54 Å². The highest BCUT2D eigenvalue weighted by atomic mass is 16.3. The number of β-amino-alcohol motifs (C(OH)–C–C–N with tert-alkyl or cyclic N) is 1. The number of rotatable bonds is 5. The van der Waals surface area contributed by atoms with E-state index < -0.39 is 6.23 Å². The Kier molecular flexibility index (Phi) is 5.99. The molecule has 1 amide bonds. The molecule has 2 rings (SSSR count). The molecule has 1 unspecified atom stereocenters. The van der Waals surface area contributed by atoms with Crippen molar-refractivity contribution < 1.29 is 14.7 Å². The van der Waals surface area contributed by atoms with Crippen LogP contribution >= 0.6 is 0 Å². The van der Waals surface area contributed by atoms with Gasteiger partial charge in [-0.2, -0.15) is 0 Å². The number of benzene rings is 1. The second kappa shape index (κ2) is 7.79. The third-order valence-electron chi connectivity index (χ3n) is 4.28. The molecule has 0 aromatic heterocycles. The molecule has 0 aliphatic carbocycles. The van der Waals surface area contributed by atoms with Crippen LogP contribution in [0.2, 0.25) is 0 Å². The first-order valence-electron chi connectivity index (χ1n) is 8.66. The van der Waals surface area contributed by atoms with Crippen LogP contribution in [-0.2, 0) is 4.79 Å². The largest absolute Gasteiger partial charge is 0.372 e. The average Bonchev–Trinajstić information content (AvgIpc) is 2.53. The lowest BCUT2D eigenvalue weighted by atomic mass is 10.0. The fraction of sp³-hybridized carbons (Fsp3) is 0.579. The van der Waals surface area contributed by atoms with Crippen LogP contribution in [0.15, 0.2) is 24.3 Å². The summed E-state index contributed by atoms with van der Waals surface area (Å²) in [5, 5.41) is 10.5. The fourth-order valence-corrected chi connectivity index (χ4v) is 2.94. The number of amides is 1. The van der Waals surface area contributed by atoms with Gasteiger partial charge in [0.1, 0.15) is 6.23 Å². The highest BCUT2D eigenvalue weighted by Crippen LogP contribution is 2.23. The van der Waals surface area contributed by atoms with Crippen molar-refractivity contribution in [3.05, 3.63) is 29.8 Å². The lowest BCUT2D eigenvalue weighted by molar-refractivity contribution is -0.134. The van der Waals surface area contributed by atoms with E-state index in [0.717, 1.165) is 5.69 Å². The first-order chi connectivity index (χ1) is 11.3. The molecule has 5 nitrogen and oxygen atoms in total. The molecule has 1 fully saturated rings. The van der Waals surface area contributed by atoms with Crippen molar-refractivity contribution in [1.29, 1.82) is 0 Å². The predicted octanol–water partition coefficient (Wildman–Crippen LogP) is 2.54. The quantitative estimate of drug-likeness (QED) is 0.842. The zero-order valence-electron chi connectivity index (χ0n) is 15.0. The molecule has 0 saturated carbocycles. The minimum atomic E-state index is -0.751. The number of hydrogen-bond donors (Lipinski definition) is 1. The maximum Gasteiger partial charge on any atom is 0.223 e. The monoisotopic (exact) mass is 332 g/mol. The summed E-state index contributed by atoms with van der Waals surface area (Å²) in [6.45, 7) is 9.23. The number of aliphatic hydroxyl groups is 1. The molecule has 1 aliphatic heterocycles. The summed E-state index contributed by atoms with van der Waals surface area (Å²) >= 11 is 0. The van der Waals surface area contributed by atoms with E-state index in [1.807, 2.05) is 50.8 Å². The minimum Gasteiger partial charge on any atom is -0.372 e. The Hall–Kier alpha value is -1.88. The van der Waals surface area contributed by atoms with Gasteiger partial charge in [0.25, 0.3) is 0 Å². The molecule has 24 heavy (non-hydrogen) atoms. The van der Waals surface area contributed by atoms with Crippen LogP contribution in [-0.4, -0.2) is 47.6 Å². The lowest BCUT2D eigenvalue weighted by Crippen LogP contribution is -2.55. The Morgan fingerprint density at radius 2 is 1.92 bits per heavy atom. The number of hydrogen-bond acceptors (Lipinski definition) is 4. The molecule has 1 aliphatic rings. The number of carbonyl (C=O) groups excluding carboxylic acids is 2. The molecule has 1 heterocycles. The number of anilines is 1. The summed E-state index contributed by atoms with van der Waals surface area (Å²) in [5.74, 6) is 0.437. The van der Waals surface area contributed by atoms with E-state index >= 15 is 0 Å². The topological polar surface area (TPSA) is 60.9 Å². The normalized spacial score (nSPS) is 18.4. The van der Waals surface area contributed by atoms with Crippen LogP contribution in [0.3, 0.4) is 0 Å². The zero-order chi connectivity index (χ0) is 17.9. The number of ketones is 1. The van der Waals surface area contributed by atoms with E-state index in [1.54, 1.807) is 11.0 Å². The molecular weight excluding hydrogens is 304 g/mol. The van der Waals surface area contributed by atoms with Crippen LogP contribution in [0.1, 0.15) is 44.5 Å². The van der Waals surface area contributed by atoms with Crippen LogP contribution in [0.4, 0.5) is 5.69 Å². The molecule has 1 aromatic carbocycles. The molecule has 132 valence electrons. The summed E-state index contributed by atoms with van der Waals surface area (Å²) in [4.78, 5) is 27.9. The van der Waals surface area contributed by atoms with Crippen LogP contribution < -0.4 is 4.90 Å². The standard InChI is InChI=1S/C19H28N2O3/c1-13(2)10-17(22)20-8-9-21(18(23)12-20)16-7-5-6-15(11-16)19(24)14(3)4/h5-7,11,13-14,18,23H,8-10,12H2,1-4H3. The molecule has 1 saturated heterocycles. The summed E-state index contributed by atoms with van der Waals surface area (Å²) in [7, 11) is 0. The van der Waals surface area contributed by atoms with E-state index in [9.17, 15) is 14.7 Å². The first-order valence-corrected chi connectivity index (χ1v) is 8.66. The van der Waals surface area contributed by atoms with Gasteiger partial charge < -0.3 is 14.9 Å². The Bertz CT molecular complexity index is 598. The molecule has 5 heteroatoms. The van der Waals surface area contributed by atoms with E-state index in [-0.39, 0.29) is 17.6 Å². The summed E-state index contributed by atoms with van der Waals surface area (Å²) in [6, 6.07) is 7.37. The average molecular weight is 332 g/mol. The highest BCUT2D eigenvalue weighted by molar-refractivity contribution is 5.98. The van der Waals surface area contributed by atoms with Crippen molar-refractivity contribution >= 4 is 17.4 Å². The number of aliphatic hydroxyl groups excluding tert-OH is 1. The highest BCUT2D eigenvalue weighted by Gasteiger charge is 2.28. The van der Waals surface area contributed by atoms with Gasteiger partial charge in [0.2, 0.25) is 5.91 Å². The van der Waals surface area contributed by atoms with E-state index in [2.05, 4.69) is 0 Å². The van der Waals surface area contributed by atoms with Crippen LogP contribution in [0, 0.1) is 11.8 Å². The predicted molar refractivity (Wildman–Crippen MR) is 95.0 cm³/mol. The van der Waals surface area contributed by atoms with Crippen molar-refractivity contribution in [2.24, 2.45) is 11.8 Å². The molecule has 1 N–H and O–H groups in total. The second-order valence-electron chi connectivity index (χ2n) is 7.18. The number of piperazine rings is 1. The third kappa shape index (κ3) is 4.35. The van der Waals surface area contributed by atoms with E-state index in [1.165, 1.54) is 0 Å². The van der Waals surface area contributed by atoms with Crippen molar-refractivity contribution in [2.75, 3.05) is 24.5 Å². The van der Waals surface area contributed by atoms with Crippen molar-refractivity contribution in [2.45, 2.75) is 40.3 Å². The van der Waals surface area contributed by atoms with Gasteiger partial charge >= 0.3 is 0 Å². The van der Waals surface area contributed by atoms with Gasteiger partial charge in [0.15, 0.2) is 5.78 Å². The van der Waals surface area contributed by atoms with Gasteiger partial charge in [-0.3, -0.25) is 9.59 Å². The van der Waals surface area contributed by atoms with Crippen LogP contribution in [0.25, 0.3) is 0 Å². The molecule has 0 spiro atoms. The zero-order valence-corrected chi connectivity index (χ0v) is 15.0. The van der Waals surface area contributed by atoms with Crippen LogP contribution in [0.5, 0.6) is 0 Å². The summed E-state index contributed by atoms with van der Waals surface area (Å²) < 4.78 is 0. The molecule has 1 atom stereocenters. The third-order valence-corrected chi connectivity index (χ3v) is 4.28. The molecule has 0 bridgehead atoms. The van der Waals surface area contributed by atoms with Crippen molar-refractivity contribution in [3.63, 3.8) is 0 Å².